The molecule has 0 aromatic heterocycles. The van der Waals surface area contributed by atoms with E-state index >= 15 is 0 Å². The molecule has 1 N–H and O–H groups in total. The molecule has 0 fully saturated rings. The number of anilines is 1. The average Bonchev–Trinajstić information content (AvgIpc) is 2.34. The topological polar surface area (TPSA) is 12.0 Å². The van der Waals surface area contributed by atoms with E-state index in [1.165, 1.54) is 9.13 Å². The van der Waals surface area contributed by atoms with Crippen LogP contribution >= 0.6 is 50.1 Å². The predicted octanol–water partition coefficient (Wildman–Crippen LogP) is 5.88. The zero-order valence-electron chi connectivity index (χ0n) is 9.75. The monoisotopic (exact) mass is 435 g/mol. The molecule has 1 nitrogen and oxygen atoms in total. The average molecular weight is 437 g/mol. The maximum Gasteiger partial charge on any atom is 0.0491 e. The molecule has 4 heteroatoms. The van der Waals surface area contributed by atoms with Crippen LogP contribution in [0.2, 0.25) is 5.02 Å². The van der Waals surface area contributed by atoms with Gasteiger partial charge in [-0.05, 0) is 65.4 Å². The molecule has 0 saturated carbocycles. The number of nitrogens with one attached hydrogen (secondary N) is 1. The highest BCUT2D eigenvalue weighted by Crippen LogP contribution is 2.27. The van der Waals surface area contributed by atoms with Gasteiger partial charge in [0.2, 0.25) is 0 Å². The van der Waals surface area contributed by atoms with Crippen molar-refractivity contribution >= 4 is 55.8 Å². The van der Waals surface area contributed by atoms with Crippen LogP contribution in [0.4, 0.5) is 5.69 Å². The summed E-state index contributed by atoms with van der Waals surface area (Å²) in [4.78, 5) is 0. The Bertz CT molecular complexity index is 559. The van der Waals surface area contributed by atoms with Crippen molar-refractivity contribution in [2.75, 3.05) is 5.32 Å². The molecule has 1 unspecified atom stereocenters. The van der Waals surface area contributed by atoms with E-state index in [9.17, 15) is 0 Å². The van der Waals surface area contributed by atoms with Crippen LogP contribution in [0.3, 0.4) is 0 Å². The lowest BCUT2D eigenvalue weighted by molar-refractivity contribution is 0.883. The van der Waals surface area contributed by atoms with E-state index in [2.05, 4.69) is 69.0 Å². The molecular weight excluding hydrogens is 424 g/mol. The number of rotatable bonds is 3. The Morgan fingerprint density at radius 2 is 2.00 bits per heavy atom. The third-order valence-corrected chi connectivity index (χ3v) is 4.32. The van der Waals surface area contributed by atoms with Crippen LogP contribution in [0.25, 0.3) is 0 Å². The van der Waals surface area contributed by atoms with Gasteiger partial charge in [-0.1, -0.05) is 39.7 Å². The number of halogens is 3. The van der Waals surface area contributed by atoms with E-state index in [-0.39, 0.29) is 6.04 Å². The van der Waals surface area contributed by atoms with Crippen molar-refractivity contribution in [3.63, 3.8) is 0 Å². The summed E-state index contributed by atoms with van der Waals surface area (Å²) in [6.45, 7) is 2.13. The SMILES string of the molecule is CC(Nc1cc(Br)ccc1I)c1cccc(Cl)c1. The first kappa shape index (κ1) is 14.2. The fourth-order valence-electron chi connectivity index (χ4n) is 1.70. The molecule has 2 aromatic carbocycles. The molecular formula is C14H12BrClIN. The van der Waals surface area contributed by atoms with Gasteiger partial charge in [0.25, 0.3) is 0 Å². The maximum atomic E-state index is 6.01. The van der Waals surface area contributed by atoms with Gasteiger partial charge in [-0.25, -0.2) is 0 Å². The lowest BCUT2D eigenvalue weighted by Crippen LogP contribution is -2.07. The number of hydrogen-bond donors (Lipinski definition) is 1. The smallest absolute Gasteiger partial charge is 0.0491 e. The molecule has 94 valence electrons. The molecule has 0 amide bonds. The first-order chi connectivity index (χ1) is 8.56. The van der Waals surface area contributed by atoms with Crippen molar-refractivity contribution in [1.82, 2.24) is 0 Å². The third-order valence-electron chi connectivity index (χ3n) is 2.65. The Balaban J connectivity index is 2.21. The molecule has 0 bridgehead atoms. The third kappa shape index (κ3) is 3.62. The Morgan fingerprint density at radius 3 is 2.72 bits per heavy atom. The van der Waals surface area contributed by atoms with Gasteiger partial charge in [0, 0.05) is 24.8 Å². The van der Waals surface area contributed by atoms with Crippen LogP contribution in [-0.4, -0.2) is 0 Å². The highest BCUT2D eigenvalue weighted by atomic mass is 127. The number of hydrogen-bond acceptors (Lipinski definition) is 1. The maximum absolute atomic E-state index is 6.01. The normalized spacial score (nSPS) is 12.2. The number of benzene rings is 2. The summed E-state index contributed by atoms with van der Waals surface area (Å²) in [5.41, 5.74) is 2.30. The summed E-state index contributed by atoms with van der Waals surface area (Å²) in [6, 6.07) is 14.4. The molecule has 0 aliphatic rings. The predicted molar refractivity (Wildman–Crippen MR) is 90.3 cm³/mol. The highest BCUT2D eigenvalue weighted by Gasteiger charge is 2.08. The van der Waals surface area contributed by atoms with Crippen LogP contribution in [0.5, 0.6) is 0 Å². The molecule has 0 saturated heterocycles. The zero-order chi connectivity index (χ0) is 13.1. The van der Waals surface area contributed by atoms with Gasteiger partial charge in [0.1, 0.15) is 0 Å². The molecule has 1 atom stereocenters. The first-order valence-corrected chi connectivity index (χ1v) is 7.78. The largest absolute Gasteiger partial charge is 0.378 e. The molecule has 2 aromatic rings. The van der Waals surface area contributed by atoms with E-state index < -0.39 is 0 Å². The van der Waals surface area contributed by atoms with Gasteiger partial charge in [0.05, 0.1) is 0 Å². The van der Waals surface area contributed by atoms with Crippen LogP contribution in [0.1, 0.15) is 18.5 Å². The van der Waals surface area contributed by atoms with Gasteiger partial charge in [-0.15, -0.1) is 0 Å². The van der Waals surface area contributed by atoms with Crippen molar-refractivity contribution in [2.45, 2.75) is 13.0 Å². The van der Waals surface area contributed by atoms with E-state index in [1.54, 1.807) is 0 Å². The van der Waals surface area contributed by atoms with Crippen LogP contribution in [0.15, 0.2) is 46.9 Å². The molecule has 0 radical (unpaired) electrons. The van der Waals surface area contributed by atoms with E-state index in [4.69, 9.17) is 11.6 Å². The first-order valence-electron chi connectivity index (χ1n) is 5.53. The molecule has 18 heavy (non-hydrogen) atoms. The summed E-state index contributed by atoms with van der Waals surface area (Å²) in [7, 11) is 0. The summed E-state index contributed by atoms with van der Waals surface area (Å²) < 4.78 is 2.27. The molecule has 2 rings (SSSR count). The Hall–Kier alpha value is -0.260. The van der Waals surface area contributed by atoms with Crippen molar-refractivity contribution in [3.05, 3.63) is 61.1 Å². The van der Waals surface area contributed by atoms with Gasteiger partial charge in [-0.3, -0.25) is 0 Å². The lowest BCUT2D eigenvalue weighted by atomic mass is 10.1. The van der Waals surface area contributed by atoms with Crippen molar-refractivity contribution < 1.29 is 0 Å². The molecule has 0 aliphatic carbocycles. The summed E-state index contributed by atoms with van der Waals surface area (Å²) in [6.07, 6.45) is 0. The fourth-order valence-corrected chi connectivity index (χ4v) is 2.75. The Labute approximate surface area is 134 Å². The second-order valence-electron chi connectivity index (χ2n) is 4.05. The van der Waals surface area contributed by atoms with Crippen molar-refractivity contribution in [1.29, 1.82) is 0 Å². The van der Waals surface area contributed by atoms with Gasteiger partial charge in [-0.2, -0.15) is 0 Å². The second kappa shape index (κ2) is 6.26. The Morgan fingerprint density at radius 1 is 1.22 bits per heavy atom. The van der Waals surface area contributed by atoms with Crippen molar-refractivity contribution in [2.24, 2.45) is 0 Å². The summed E-state index contributed by atoms with van der Waals surface area (Å²) >= 11 is 11.8. The van der Waals surface area contributed by atoms with Gasteiger partial charge in [0.15, 0.2) is 0 Å². The van der Waals surface area contributed by atoms with E-state index in [1.807, 2.05) is 24.3 Å². The van der Waals surface area contributed by atoms with Crippen LogP contribution in [-0.2, 0) is 0 Å². The van der Waals surface area contributed by atoms with E-state index in [0.29, 0.717) is 0 Å². The second-order valence-corrected chi connectivity index (χ2v) is 6.56. The minimum absolute atomic E-state index is 0.214. The molecule has 0 heterocycles. The Kier molecular flexibility index (Phi) is 4.92. The van der Waals surface area contributed by atoms with Crippen LogP contribution in [0, 0.1) is 3.57 Å². The molecule has 0 aliphatic heterocycles. The van der Waals surface area contributed by atoms with Gasteiger partial charge >= 0.3 is 0 Å². The summed E-state index contributed by atoms with van der Waals surface area (Å²) in [5.74, 6) is 0. The standard InChI is InChI=1S/C14H12BrClIN/c1-9(10-3-2-4-12(16)7-10)18-14-8-11(15)5-6-13(14)17/h2-9,18H,1H3. The lowest BCUT2D eigenvalue weighted by Gasteiger charge is -2.17. The van der Waals surface area contributed by atoms with Crippen LogP contribution < -0.4 is 5.32 Å². The van der Waals surface area contributed by atoms with Crippen molar-refractivity contribution in [3.8, 4) is 0 Å². The van der Waals surface area contributed by atoms with E-state index in [0.717, 1.165) is 15.2 Å². The highest BCUT2D eigenvalue weighted by molar-refractivity contribution is 14.1. The zero-order valence-corrected chi connectivity index (χ0v) is 14.3. The molecule has 0 spiro atoms. The van der Waals surface area contributed by atoms with Gasteiger partial charge < -0.3 is 5.32 Å². The minimum Gasteiger partial charge on any atom is -0.378 e. The summed E-state index contributed by atoms with van der Waals surface area (Å²) in [5, 5.41) is 4.27. The quantitative estimate of drug-likeness (QED) is 0.593. The fraction of sp³-hybridized carbons (Fsp3) is 0.143. The minimum atomic E-state index is 0.214.